The molecule has 21 aromatic rings. The molecule has 0 unspecified atom stereocenters. The average molecular weight is 1550 g/mol. The Bertz CT molecular complexity index is 7100. The molecule has 0 radical (unpaired) electrons. The summed E-state index contributed by atoms with van der Waals surface area (Å²) in [5.41, 5.74) is 23.6. The third-order valence-electron chi connectivity index (χ3n) is 22.1. The van der Waals surface area contributed by atoms with E-state index in [2.05, 4.69) is 478 Å². The topological polar surface area (TPSA) is 19.4 Å². The van der Waals surface area contributed by atoms with Crippen molar-refractivity contribution in [3.63, 3.8) is 0 Å². The SMILES string of the molecule is c1ccc(N(c2ccccc2)c2cccc(N(c3cccc(N(c4ccccc4)c4ccc(-c5cccc(-c6cccc7c6sc6ccc(N(c8cccc(N(c9ccccc9)c9ccccc9)c8)c8cccc(N(c9ccccc9)c9ccc%10c(c9)sc9ccccc9%10)c8)cc67)c5)cc4)c3)c3ccc4sc5ccccc5c4c3)c2)cc1. The molecule has 3 aromatic heterocycles. The van der Waals surface area contributed by atoms with Crippen molar-refractivity contribution < 1.29 is 0 Å². The minimum atomic E-state index is 1.03. The molecule has 117 heavy (non-hydrogen) atoms. The van der Waals surface area contributed by atoms with Crippen LogP contribution in [0.4, 0.5) is 102 Å². The maximum Gasteiger partial charge on any atom is 0.0482 e. The van der Waals surface area contributed by atoms with Crippen molar-refractivity contribution in [1.82, 2.24) is 0 Å². The Balaban J connectivity index is 0.637. The Morgan fingerprint density at radius 1 is 0.128 bits per heavy atom. The van der Waals surface area contributed by atoms with Gasteiger partial charge >= 0.3 is 0 Å². The van der Waals surface area contributed by atoms with E-state index < -0.39 is 0 Å². The summed E-state index contributed by atoms with van der Waals surface area (Å²) in [6.07, 6.45) is 0. The molecule has 9 heteroatoms. The molecule has 0 saturated heterocycles. The van der Waals surface area contributed by atoms with E-state index in [1.165, 1.54) is 66.1 Å². The standard InChI is InChI=1S/C108H74N6S3/c1-7-31-78(32-8-1)109(79-33-9-2-10-34-79)85-43-24-47-89(68-85)113(93-62-65-105-101(72-93)98-52-20-22-56-104(98)115-105)91-49-26-45-87(70-91)111(82-39-15-5-16-40-82)84-59-57-75(58-60-84)76-29-23-30-77(67-76)96-53-28-54-100-102-73-94(63-66-106(102)117-108(96)100)114(90-48-25-44-86(69-90)110(80-35-11-3-12-36-80)81-37-13-4-14-38-81)92-50-27-46-88(71-92)112(83-41-17-6-18-42-83)95-61-64-99-97-51-19-21-55-103(97)116-107(99)74-95/h1-74H. The van der Waals surface area contributed by atoms with E-state index in [9.17, 15) is 0 Å². The van der Waals surface area contributed by atoms with Gasteiger partial charge in [0.2, 0.25) is 0 Å². The monoisotopic (exact) mass is 1550 g/mol. The van der Waals surface area contributed by atoms with Crippen LogP contribution in [0.5, 0.6) is 0 Å². The van der Waals surface area contributed by atoms with Crippen LogP contribution in [0.25, 0.3) is 82.8 Å². The molecule has 21 rings (SSSR count). The molecule has 0 bridgehead atoms. The predicted octanol–water partition coefficient (Wildman–Crippen LogP) is 32.9. The van der Waals surface area contributed by atoms with Gasteiger partial charge in [0, 0.05) is 163 Å². The summed E-state index contributed by atoms with van der Waals surface area (Å²) in [4.78, 5) is 14.3. The van der Waals surface area contributed by atoms with Gasteiger partial charge in [-0.15, -0.1) is 34.0 Å². The zero-order valence-corrected chi connectivity index (χ0v) is 66.1. The Labute approximate surface area is 692 Å². The first kappa shape index (κ1) is 70.3. The number of nitrogens with zero attached hydrogens (tertiary/aromatic N) is 6. The highest BCUT2D eigenvalue weighted by Crippen LogP contribution is 2.51. The van der Waals surface area contributed by atoms with Gasteiger partial charge in [0.05, 0.1) is 0 Å². The summed E-state index contributed by atoms with van der Waals surface area (Å²) < 4.78 is 7.55. The summed E-state index contributed by atoms with van der Waals surface area (Å²) in [6.45, 7) is 0. The molecule has 0 amide bonds. The van der Waals surface area contributed by atoms with E-state index in [1.807, 2.05) is 34.0 Å². The van der Waals surface area contributed by atoms with Crippen molar-refractivity contribution >= 4 is 197 Å². The first-order valence-electron chi connectivity index (χ1n) is 39.5. The van der Waals surface area contributed by atoms with Gasteiger partial charge in [0.25, 0.3) is 0 Å². The molecule has 0 N–H and O–H groups in total. The highest BCUT2D eigenvalue weighted by molar-refractivity contribution is 7.27. The number of para-hydroxylation sites is 6. The Hall–Kier alpha value is -14.6. The maximum atomic E-state index is 2.44. The number of benzene rings is 18. The molecule has 0 spiro atoms. The number of anilines is 18. The van der Waals surface area contributed by atoms with Crippen LogP contribution in [0.1, 0.15) is 0 Å². The second-order valence-electron chi connectivity index (χ2n) is 29.3. The van der Waals surface area contributed by atoms with Crippen molar-refractivity contribution in [1.29, 1.82) is 0 Å². The quantitative estimate of drug-likeness (QED) is 0.0752. The highest BCUT2D eigenvalue weighted by Gasteiger charge is 2.25. The number of fused-ring (bicyclic) bond motifs is 9. The molecular weight excluding hydrogens is 1480 g/mol. The van der Waals surface area contributed by atoms with E-state index in [-0.39, 0.29) is 0 Å². The number of thiophene rings is 3. The zero-order valence-electron chi connectivity index (χ0n) is 63.6. The Morgan fingerprint density at radius 2 is 0.393 bits per heavy atom. The Morgan fingerprint density at radius 3 is 0.829 bits per heavy atom. The summed E-state index contributed by atoms with van der Waals surface area (Å²) in [5.74, 6) is 0. The number of rotatable bonds is 20. The molecular formula is C108H74N6S3. The lowest BCUT2D eigenvalue weighted by Gasteiger charge is -2.31. The van der Waals surface area contributed by atoms with Gasteiger partial charge in [-0.2, -0.15) is 0 Å². The average Bonchev–Trinajstić information content (AvgIpc) is 1.22. The second-order valence-corrected chi connectivity index (χ2v) is 32.5. The molecule has 0 aliphatic heterocycles. The first-order chi connectivity index (χ1) is 58.0. The van der Waals surface area contributed by atoms with Crippen molar-refractivity contribution in [3.05, 3.63) is 449 Å². The molecule has 0 fully saturated rings. The normalized spacial score (nSPS) is 11.4. The van der Waals surface area contributed by atoms with Crippen LogP contribution in [0.15, 0.2) is 449 Å². The van der Waals surface area contributed by atoms with E-state index >= 15 is 0 Å². The van der Waals surface area contributed by atoms with Crippen LogP contribution in [0, 0.1) is 0 Å². The maximum absolute atomic E-state index is 2.44. The molecule has 18 aromatic carbocycles. The van der Waals surface area contributed by atoms with Crippen molar-refractivity contribution in [2.45, 2.75) is 0 Å². The van der Waals surface area contributed by atoms with Crippen LogP contribution < -0.4 is 29.4 Å². The minimum absolute atomic E-state index is 1.03. The summed E-state index contributed by atoms with van der Waals surface area (Å²) in [6, 6.07) is 164. The van der Waals surface area contributed by atoms with Gasteiger partial charge in [0.1, 0.15) is 0 Å². The predicted molar refractivity (Wildman–Crippen MR) is 504 cm³/mol. The number of hydrogen-bond donors (Lipinski definition) is 0. The first-order valence-corrected chi connectivity index (χ1v) is 42.0. The molecule has 0 aliphatic rings. The smallest absolute Gasteiger partial charge is 0.0482 e. The van der Waals surface area contributed by atoms with Gasteiger partial charge in [0.15, 0.2) is 0 Å². The lowest BCUT2D eigenvalue weighted by molar-refractivity contribution is 1.24. The fourth-order valence-corrected chi connectivity index (χ4v) is 20.2. The molecule has 0 saturated carbocycles. The van der Waals surface area contributed by atoms with Gasteiger partial charge < -0.3 is 29.4 Å². The van der Waals surface area contributed by atoms with Crippen molar-refractivity contribution in [3.8, 4) is 22.3 Å². The molecule has 0 aliphatic carbocycles. The van der Waals surface area contributed by atoms with Crippen LogP contribution in [-0.4, -0.2) is 0 Å². The fraction of sp³-hybridized carbons (Fsp3) is 0. The second kappa shape index (κ2) is 30.7. The van der Waals surface area contributed by atoms with Gasteiger partial charge in [-0.1, -0.05) is 224 Å². The molecule has 0 atom stereocenters. The largest absolute Gasteiger partial charge is 0.310 e. The van der Waals surface area contributed by atoms with E-state index in [1.54, 1.807) is 0 Å². The lowest BCUT2D eigenvalue weighted by Crippen LogP contribution is -2.14. The third-order valence-corrected chi connectivity index (χ3v) is 25.6. The summed E-state index contributed by atoms with van der Waals surface area (Å²) in [7, 11) is 0. The van der Waals surface area contributed by atoms with Gasteiger partial charge in [-0.25, -0.2) is 0 Å². The summed E-state index contributed by atoms with van der Waals surface area (Å²) >= 11 is 5.55. The van der Waals surface area contributed by atoms with Gasteiger partial charge in [-0.05, 0) is 247 Å². The highest BCUT2D eigenvalue weighted by atomic mass is 32.1. The van der Waals surface area contributed by atoms with Crippen LogP contribution in [0.3, 0.4) is 0 Å². The summed E-state index contributed by atoms with van der Waals surface area (Å²) in [5, 5.41) is 7.48. The van der Waals surface area contributed by atoms with Crippen molar-refractivity contribution in [2.24, 2.45) is 0 Å². The van der Waals surface area contributed by atoms with Gasteiger partial charge in [-0.3, -0.25) is 0 Å². The zero-order chi connectivity index (χ0) is 77.5. The van der Waals surface area contributed by atoms with Crippen LogP contribution in [-0.2, 0) is 0 Å². The number of hydrogen-bond acceptors (Lipinski definition) is 9. The van der Waals surface area contributed by atoms with E-state index in [4.69, 9.17) is 0 Å². The minimum Gasteiger partial charge on any atom is -0.310 e. The Kier molecular flexibility index (Phi) is 18.5. The fourth-order valence-electron chi connectivity index (χ4n) is 16.8. The van der Waals surface area contributed by atoms with E-state index in [0.29, 0.717) is 0 Å². The van der Waals surface area contributed by atoms with E-state index in [0.717, 1.165) is 119 Å². The third kappa shape index (κ3) is 13.5. The van der Waals surface area contributed by atoms with Crippen LogP contribution in [0.2, 0.25) is 0 Å². The lowest BCUT2D eigenvalue weighted by atomic mass is 9.97. The molecule has 3 heterocycles. The van der Waals surface area contributed by atoms with Crippen LogP contribution >= 0.6 is 34.0 Å². The van der Waals surface area contributed by atoms with Crippen molar-refractivity contribution in [2.75, 3.05) is 29.4 Å². The molecule has 554 valence electrons. The molecule has 6 nitrogen and oxygen atoms in total.